The molecule has 0 fully saturated rings. The van der Waals surface area contributed by atoms with Crippen LogP contribution in [0, 0.1) is 10.1 Å². The Morgan fingerprint density at radius 2 is 2.05 bits per heavy atom. The van der Waals surface area contributed by atoms with E-state index in [2.05, 4.69) is 4.72 Å². The fraction of sp³-hybridized carbons (Fsp3) is 0.455. The van der Waals surface area contributed by atoms with Gasteiger partial charge in [0, 0.05) is 18.4 Å². The molecule has 0 bridgehead atoms. The predicted octanol–water partition coefficient (Wildman–Crippen LogP) is 0.987. The zero-order valence-corrected chi connectivity index (χ0v) is 12.7. The molecule has 112 valence electrons. The lowest BCUT2D eigenvalue weighted by molar-refractivity contribution is -0.387. The Balaban J connectivity index is 2.98. The Kier molecular flexibility index (Phi) is 5.51. The number of nitrogens with zero attached hydrogens (tertiary/aromatic N) is 1. The highest BCUT2D eigenvalue weighted by Crippen LogP contribution is 2.23. The Morgan fingerprint density at radius 1 is 1.45 bits per heavy atom. The van der Waals surface area contributed by atoms with Crippen molar-refractivity contribution in [2.24, 2.45) is 0 Å². The summed E-state index contributed by atoms with van der Waals surface area (Å²) in [6.45, 7) is 1.27. The highest BCUT2D eigenvalue weighted by atomic mass is 32.2. The van der Waals surface area contributed by atoms with E-state index in [1.165, 1.54) is 30.8 Å². The molecule has 1 unspecified atom stereocenters. The van der Waals surface area contributed by atoms with Crippen LogP contribution in [0.4, 0.5) is 5.69 Å². The molecule has 0 aliphatic rings. The van der Waals surface area contributed by atoms with Gasteiger partial charge in [-0.25, -0.2) is 13.1 Å². The van der Waals surface area contributed by atoms with Gasteiger partial charge in [0.05, 0.1) is 10.5 Å². The summed E-state index contributed by atoms with van der Waals surface area (Å²) in [6.07, 6.45) is 1.78. The number of nitro benzene ring substituents is 1. The summed E-state index contributed by atoms with van der Waals surface area (Å²) < 4.78 is 26.3. The van der Waals surface area contributed by atoms with Crippen LogP contribution < -0.4 is 4.72 Å². The van der Waals surface area contributed by atoms with Crippen molar-refractivity contribution in [3.05, 3.63) is 34.4 Å². The van der Waals surface area contributed by atoms with Crippen molar-refractivity contribution in [1.82, 2.24) is 4.72 Å². The average molecular weight is 320 g/mol. The maximum atomic E-state index is 12.1. The van der Waals surface area contributed by atoms with Gasteiger partial charge in [0.2, 0.25) is 10.0 Å². The van der Waals surface area contributed by atoms with E-state index in [9.17, 15) is 23.6 Å². The second kappa shape index (κ2) is 6.53. The molecule has 1 rings (SSSR count). The second-order valence-electron chi connectivity index (χ2n) is 4.48. The van der Waals surface area contributed by atoms with E-state index in [1.807, 2.05) is 0 Å². The van der Waals surface area contributed by atoms with E-state index in [0.29, 0.717) is 5.75 Å². The summed E-state index contributed by atoms with van der Waals surface area (Å²) in [6, 6.07) is 5.07. The van der Waals surface area contributed by atoms with Crippen molar-refractivity contribution in [2.45, 2.75) is 17.4 Å². The molecule has 0 aliphatic heterocycles. The first-order valence-electron chi connectivity index (χ1n) is 5.64. The van der Waals surface area contributed by atoms with E-state index >= 15 is 0 Å². The smallest absolute Gasteiger partial charge is 0.289 e. The maximum Gasteiger partial charge on any atom is 0.289 e. The number of benzene rings is 1. The topological polar surface area (TPSA) is 110 Å². The van der Waals surface area contributed by atoms with Crippen LogP contribution in [0.3, 0.4) is 0 Å². The van der Waals surface area contributed by atoms with E-state index in [0.717, 1.165) is 12.1 Å². The van der Waals surface area contributed by atoms with Crippen LogP contribution in [-0.2, 0) is 10.0 Å². The van der Waals surface area contributed by atoms with Crippen LogP contribution >= 0.6 is 11.8 Å². The van der Waals surface area contributed by atoms with Crippen molar-refractivity contribution in [2.75, 3.05) is 18.6 Å². The molecule has 1 atom stereocenters. The van der Waals surface area contributed by atoms with Crippen LogP contribution in [-0.4, -0.2) is 42.6 Å². The number of nitrogens with one attached hydrogen (secondary N) is 1. The summed E-state index contributed by atoms with van der Waals surface area (Å²) in [5.41, 5.74) is -1.72. The first kappa shape index (κ1) is 16.9. The van der Waals surface area contributed by atoms with Gasteiger partial charge in [-0.15, -0.1) is 0 Å². The lowest BCUT2D eigenvalue weighted by Gasteiger charge is -2.22. The minimum Gasteiger partial charge on any atom is -0.388 e. The van der Waals surface area contributed by atoms with Crippen LogP contribution in [0.5, 0.6) is 0 Å². The number of rotatable bonds is 7. The molecule has 0 spiro atoms. The number of nitro groups is 1. The Hall–Kier alpha value is -1.16. The average Bonchev–Trinajstić information content (AvgIpc) is 2.37. The molecule has 0 saturated carbocycles. The van der Waals surface area contributed by atoms with E-state index in [1.54, 1.807) is 6.26 Å². The van der Waals surface area contributed by atoms with Gasteiger partial charge in [0.1, 0.15) is 0 Å². The van der Waals surface area contributed by atoms with Gasteiger partial charge in [0.15, 0.2) is 4.90 Å². The summed E-state index contributed by atoms with van der Waals surface area (Å²) in [5.74, 6) is 0.340. The molecule has 0 aliphatic carbocycles. The van der Waals surface area contributed by atoms with Gasteiger partial charge in [0.25, 0.3) is 5.69 Å². The lowest BCUT2D eigenvalue weighted by atomic mass is 10.1. The van der Waals surface area contributed by atoms with Crippen LogP contribution in [0.15, 0.2) is 29.2 Å². The standard InChI is InChI=1S/C11H16N2O5S2/c1-11(14,8-19-2)7-12-20(17,18)10-6-4-3-5-9(10)13(15)16/h3-6,12,14H,7-8H2,1-2H3. The van der Waals surface area contributed by atoms with Crippen molar-refractivity contribution in [1.29, 1.82) is 0 Å². The SMILES string of the molecule is CSCC(C)(O)CNS(=O)(=O)c1ccccc1[N+](=O)[O-]. The minimum atomic E-state index is -4.05. The fourth-order valence-corrected chi connectivity index (χ4v) is 3.58. The minimum absolute atomic E-state index is 0.220. The Labute approximate surface area is 121 Å². The number of sulfonamides is 1. The van der Waals surface area contributed by atoms with Crippen LogP contribution in [0.1, 0.15) is 6.92 Å². The Bertz CT molecular complexity index is 586. The van der Waals surface area contributed by atoms with Gasteiger partial charge in [-0.2, -0.15) is 11.8 Å². The third kappa shape index (κ3) is 4.44. The molecule has 0 aromatic heterocycles. The molecular formula is C11H16N2O5S2. The normalized spacial score (nSPS) is 14.8. The fourth-order valence-electron chi connectivity index (χ4n) is 1.53. The molecule has 1 aromatic carbocycles. The molecule has 20 heavy (non-hydrogen) atoms. The van der Waals surface area contributed by atoms with Gasteiger partial charge >= 0.3 is 0 Å². The van der Waals surface area contributed by atoms with E-state index in [-0.39, 0.29) is 6.54 Å². The van der Waals surface area contributed by atoms with Crippen molar-refractivity contribution >= 4 is 27.5 Å². The predicted molar refractivity (Wildman–Crippen MR) is 77.3 cm³/mol. The van der Waals surface area contributed by atoms with Crippen LogP contribution in [0.2, 0.25) is 0 Å². The largest absolute Gasteiger partial charge is 0.388 e. The summed E-state index contributed by atoms with van der Waals surface area (Å²) >= 11 is 1.37. The number of thioether (sulfide) groups is 1. The highest BCUT2D eigenvalue weighted by Gasteiger charge is 2.28. The summed E-state index contributed by atoms with van der Waals surface area (Å²) in [7, 11) is -4.05. The van der Waals surface area contributed by atoms with Gasteiger partial charge in [-0.05, 0) is 19.2 Å². The van der Waals surface area contributed by atoms with E-state index in [4.69, 9.17) is 0 Å². The zero-order valence-electron chi connectivity index (χ0n) is 11.1. The van der Waals surface area contributed by atoms with Crippen molar-refractivity contribution < 1.29 is 18.4 Å². The van der Waals surface area contributed by atoms with E-state index < -0.39 is 31.1 Å². The zero-order chi connectivity index (χ0) is 15.4. The third-order valence-corrected chi connectivity index (χ3v) is 4.81. The quantitative estimate of drug-likeness (QED) is 0.572. The third-order valence-electron chi connectivity index (χ3n) is 2.45. The number of para-hydroxylation sites is 1. The molecule has 0 radical (unpaired) electrons. The van der Waals surface area contributed by atoms with Crippen molar-refractivity contribution in [3.8, 4) is 0 Å². The first-order chi connectivity index (χ1) is 9.19. The first-order valence-corrected chi connectivity index (χ1v) is 8.52. The molecule has 7 nitrogen and oxygen atoms in total. The van der Waals surface area contributed by atoms with Gasteiger partial charge in [-0.1, -0.05) is 12.1 Å². The monoisotopic (exact) mass is 320 g/mol. The van der Waals surface area contributed by atoms with Crippen LogP contribution in [0.25, 0.3) is 0 Å². The Morgan fingerprint density at radius 3 is 2.60 bits per heavy atom. The molecule has 0 amide bonds. The molecular weight excluding hydrogens is 304 g/mol. The van der Waals surface area contributed by atoms with Crippen molar-refractivity contribution in [3.63, 3.8) is 0 Å². The number of aliphatic hydroxyl groups is 1. The molecule has 0 saturated heterocycles. The summed E-state index contributed by atoms with van der Waals surface area (Å²) in [5, 5.41) is 20.8. The van der Waals surface area contributed by atoms with Gasteiger partial charge < -0.3 is 5.11 Å². The maximum absolute atomic E-state index is 12.1. The van der Waals surface area contributed by atoms with Gasteiger partial charge in [-0.3, -0.25) is 10.1 Å². The highest BCUT2D eigenvalue weighted by molar-refractivity contribution is 7.98. The number of hydrogen-bond acceptors (Lipinski definition) is 6. The molecule has 1 aromatic rings. The lowest BCUT2D eigenvalue weighted by Crippen LogP contribution is -2.42. The summed E-state index contributed by atoms with van der Waals surface area (Å²) in [4.78, 5) is 9.67. The molecule has 9 heteroatoms. The molecule has 2 N–H and O–H groups in total. The molecule has 0 heterocycles. The number of hydrogen-bond donors (Lipinski definition) is 2. The second-order valence-corrected chi connectivity index (χ2v) is 7.08.